The fourth-order valence-corrected chi connectivity index (χ4v) is 3.27. The summed E-state index contributed by atoms with van der Waals surface area (Å²) in [6, 6.07) is -0.450. The van der Waals surface area contributed by atoms with Crippen molar-refractivity contribution in [3.63, 3.8) is 0 Å². The van der Waals surface area contributed by atoms with Crippen LogP contribution < -0.4 is 5.32 Å². The number of hydrogen-bond donors (Lipinski definition) is 1. The molecule has 3 atom stereocenters. The predicted molar refractivity (Wildman–Crippen MR) is 80.7 cm³/mol. The zero-order valence-electron chi connectivity index (χ0n) is 14.0. The number of nitrogens with one attached hydrogen (secondary N) is 1. The quantitative estimate of drug-likeness (QED) is 0.856. The molecule has 0 spiro atoms. The Bertz CT molecular complexity index is 439. The van der Waals surface area contributed by atoms with Gasteiger partial charge >= 0.3 is 0 Å². The Morgan fingerprint density at radius 1 is 1.38 bits per heavy atom. The van der Waals surface area contributed by atoms with Gasteiger partial charge in [0.05, 0.1) is 6.10 Å². The number of piperazine rings is 1. The van der Waals surface area contributed by atoms with Crippen molar-refractivity contribution in [1.29, 1.82) is 0 Å². The van der Waals surface area contributed by atoms with Gasteiger partial charge in [0.1, 0.15) is 11.6 Å². The van der Waals surface area contributed by atoms with Crippen LogP contribution in [0.25, 0.3) is 0 Å². The molecular weight excluding hydrogens is 268 g/mol. The summed E-state index contributed by atoms with van der Waals surface area (Å²) in [6.45, 7) is 10.2. The minimum Gasteiger partial charge on any atom is -0.380 e. The highest BCUT2D eigenvalue weighted by Crippen LogP contribution is 2.43. The molecular formula is C16H28N2O3. The van der Waals surface area contributed by atoms with Crippen LogP contribution in [-0.2, 0) is 14.3 Å². The van der Waals surface area contributed by atoms with Crippen LogP contribution in [0.4, 0.5) is 0 Å². The molecule has 120 valence electrons. The van der Waals surface area contributed by atoms with E-state index in [9.17, 15) is 9.59 Å². The molecule has 0 radical (unpaired) electrons. The van der Waals surface area contributed by atoms with Crippen molar-refractivity contribution in [2.24, 2.45) is 11.3 Å². The average molecular weight is 296 g/mol. The molecule has 0 aromatic heterocycles. The van der Waals surface area contributed by atoms with Crippen molar-refractivity contribution in [2.45, 2.75) is 65.1 Å². The second-order valence-electron chi connectivity index (χ2n) is 7.74. The molecule has 2 amide bonds. The summed E-state index contributed by atoms with van der Waals surface area (Å²) in [5, 5.41) is 3.01. The third kappa shape index (κ3) is 2.93. The van der Waals surface area contributed by atoms with Crippen LogP contribution in [0.3, 0.4) is 0 Å². The van der Waals surface area contributed by atoms with Gasteiger partial charge in [-0.15, -0.1) is 0 Å². The van der Waals surface area contributed by atoms with E-state index in [-0.39, 0.29) is 29.3 Å². The number of carbonyl (C=O) groups excluding carboxylic acids is 2. The van der Waals surface area contributed by atoms with Gasteiger partial charge in [0.25, 0.3) is 0 Å². The van der Waals surface area contributed by atoms with Gasteiger partial charge in [0.15, 0.2) is 0 Å². The number of nitrogens with zero attached hydrogens (tertiary/aromatic N) is 1. The van der Waals surface area contributed by atoms with Crippen LogP contribution in [0.2, 0.25) is 0 Å². The number of methoxy groups -OCH3 is 1. The molecule has 0 bridgehead atoms. The Morgan fingerprint density at radius 3 is 2.38 bits per heavy atom. The zero-order valence-corrected chi connectivity index (χ0v) is 14.0. The van der Waals surface area contributed by atoms with E-state index < -0.39 is 11.6 Å². The number of ether oxygens (including phenoxy) is 1. The van der Waals surface area contributed by atoms with Crippen LogP contribution in [0.15, 0.2) is 0 Å². The summed E-state index contributed by atoms with van der Waals surface area (Å²) >= 11 is 0. The average Bonchev–Trinajstić information content (AvgIpc) is 3.17. The van der Waals surface area contributed by atoms with E-state index in [0.717, 1.165) is 12.8 Å². The van der Waals surface area contributed by atoms with E-state index in [1.165, 1.54) is 0 Å². The van der Waals surface area contributed by atoms with Gasteiger partial charge in [-0.25, -0.2) is 0 Å². The topological polar surface area (TPSA) is 58.6 Å². The number of carbonyl (C=O) groups is 2. The van der Waals surface area contributed by atoms with E-state index in [1.807, 2.05) is 34.6 Å². The molecule has 2 rings (SSSR count). The summed E-state index contributed by atoms with van der Waals surface area (Å²) < 4.78 is 5.32. The molecule has 5 nitrogen and oxygen atoms in total. The lowest BCUT2D eigenvalue weighted by Gasteiger charge is -2.49. The van der Waals surface area contributed by atoms with E-state index in [1.54, 1.807) is 12.0 Å². The van der Waals surface area contributed by atoms with Gasteiger partial charge in [0, 0.05) is 13.7 Å². The molecule has 0 aromatic carbocycles. The maximum Gasteiger partial charge on any atom is 0.249 e. The van der Waals surface area contributed by atoms with Gasteiger partial charge in [-0.3, -0.25) is 9.59 Å². The zero-order chi connectivity index (χ0) is 16.0. The van der Waals surface area contributed by atoms with Crippen LogP contribution >= 0.6 is 0 Å². The van der Waals surface area contributed by atoms with Crippen molar-refractivity contribution in [2.75, 3.05) is 13.7 Å². The summed E-state index contributed by atoms with van der Waals surface area (Å²) in [6.07, 6.45) is 1.93. The first-order valence-corrected chi connectivity index (χ1v) is 7.77. The Hall–Kier alpha value is -1.10. The summed E-state index contributed by atoms with van der Waals surface area (Å²) in [7, 11) is 1.63. The summed E-state index contributed by atoms with van der Waals surface area (Å²) in [4.78, 5) is 27.4. The summed E-state index contributed by atoms with van der Waals surface area (Å²) in [5.41, 5.74) is -1.05. The lowest BCUT2D eigenvalue weighted by molar-refractivity contribution is -0.161. The second-order valence-corrected chi connectivity index (χ2v) is 7.74. The summed E-state index contributed by atoms with van der Waals surface area (Å²) in [5.74, 6) is 0.267. The maximum absolute atomic E-state index is 13.0. The number of amides is 2. The molecule has 1 heterocycles. The lowest BCUT2D eigenvalue weighted by Crippen LogP contribution is -2.73. The van der Waals surface area contributed by atoms with Gasteiger partial charge in [-0.05, 0) is 38.0 Å². The Balaban J connectivity index is 2.34. The van der Waals surface area contributed by atoms with Crippen molar-refractivity contribution in [3.8, 4) is 0 Å². The minimum absolute atomic E-state index is 0.0356. The molecule has 1 N–H and O–H groups in total. The third-order valence-electron chi connectivity index (χ3n) is 4.72. The van der Waals surface area contributed by atoms with Crippen LogP contribution in [0.1, 0.15) is 47.5 Å². The van der Waals surface area contributed by atoms with Crippen molar-refractivity contribution in [3.05, 3.63) is 0 Å². The van der Waals surface area contributed by atoms with Crippen molar-refractivity contribution in [1.82, 2.24) is 10.2 Å². The Labute approximate surface area is 127 Å². The molecule has 1 saturated heterocycles. The largest absolute Gasteiger partial charge is 0.380 e. The van der Waals surface area contributed by atoms with Gasteiger partial charge in [-0.1, -0.05) is 20.8 Å². The predicted octanol–water partition coefficient (Wildman–Crippen LogP) is 1.56. The standard InChI is InChI=1S/C16H28N2O3/c1-10(21-6)9-18-12(15(2,3)4)13(19)17-16(5,14(18)20)11-7-8-11/h10-12H,7-9H2,1-6H3,(H,17,19). The van der Waals surface area contributed by atoms with E-state index >= 15 is 0 Å². The first-order valence-electron chi connectivity index (χ1n) is 7.77. The van der Waals surface area contributed by atoms with Gasteiger partial charge in [-0.2, -0.15) is 0 Å². The fourth-order valence-electron chi connectivity index (χ4n) is 3.27. The first kappa shape index (κ1) is 16.3. The molecule has 2 fully saturated rings. The first-order chi connectivity index (χ1) is 9.61. The van der Waals surface area contributed by atoms with Gasteiger partial charge < -0.3 is 15.0 Å². The SMILES string of the molecule is COC(C)CN1C(=O)C(C)(C2CC2)NC(=O)C1C(C)(C)C. The Morgan fingerprint density at radius 2 is 1.95 bits per heavy atom. The van der Waals surface area contributed by atoms with Crippen LogP contribution in [0.5, 0.6) is 0 Å². The molecule has 0 aromatic rings. The highest BCUT2D eigenvalue weighted by Gasteiger charge is 2.57. The molecule has 21 heavy (non-hydrogen) atoms. The third-order valence-corrected chi connectivity index (χ3v) is 4.72. The minimum atomic E-state index is -0.744. The molecule has 5 heteroatoms. The lowest BCUT2D eigenvalue weighted by atomic mass is 9.79. The van der Waals surface area contributed by atoms with E-state index in [2.05, 4.69) is 5.32 Å². The van der Waals surface area contributed by atoms with Crippen molar-refractivity contribution < 1.29 is 14.3 Å². The highest BCUT2D eigenvalue weighted by atomic mass is 16.5. The monoisotopic (exact) mass is 296 g/mol. The van der Waals surface area contributed by atoms with Crippen LogP contribution in [-0.4, -0.2) is 48.1 Å². The van der Waals surface area contributed by atoms with Crippen molar-refractivity contribution >= 4 is 11.8 Å². The maximum atomic E-state index is 13.0. The smallest absolute Gasteiger partial charge is 0.249 e. The highest BCUT2D eigenvalue weighted by molar-refractivity contribution is 6.00. The second kappa shape index (κ2) is 5.27. The number of rotatable bonds is 4. The van der Waals surface area contributed by atoms with Gasteiger partial charge in [0.2, 0.25) is 11.8 Å². The molecule has 3 unspecified atom stereocenters. The number of hydrogen-bond acceptors (Lipinski definition) is 3. The van der Waals surface area contributed by atoms with E-state index in [4.69, 9.17) is 4.74 Å². The van der Waals surface area contributed by atoms with Crippen LogP contribution in [0, 0.1) is 11.3 Å². The molecule has 1 aliphatic heterocycles. The normalized spacial score (nSPS) is 32.1. The van der Waals surface area contributed by atoms with E-state index in [0.29, 0.717) is 6.54 Å². The Kier molecular flexibility index (Phi) is 4.08. The molecule has 2 aliphatic rings. The fraction of sp³-hybridized carbons (Fsp3) is 0.875. The molecule has 1 saturated carbocycles. The molecule has 1 aliphatic carbocycles.